The lowest BCUT2D eigenvalue weighted by Gasteiger charge is -2.47. The number of likely N-dealkylation sites (N-methyl/N-ethyl adjacent to an activating group) is 1. The molecule has 0 aromatic rings. The predicted octanol–water partition coefficient (Wildman–Crippen LogP) is 15.0. The van der Waals surface area contributed by atoms with Crippen molar-refractivity contribution in [2.24, 2.45) is 11.8 Å². The standard InChI is InChI=1S/C10H21N.C9H20N2.C8H17NO.2C8H15NO.2C8H17N.C7H13F2N.C7H13NO.C6H13N/c1-9-5-7-11(8-6-9)10(2,3)4;1-9(2,3)11-7-5-10(4)6-8-11;1-8(2,3)9-4-6-10-7-5-9;2*1-8(2,3)9-6-4-5-7(9)10;1-7-5-9(6-7)8(2,3)4;1-8(2,3)9-6-4-5-7-9;1-6(2,3)10-4-7(8,9)5-10;1-7(2,3)8-5-4-6(8)9;1-6(2,3)7-4-5-7/h9H,5-8H2,1-4H3;5-8H2,1-4H3;4-7H2,1-3H3;2*4-6H2,1-3H3;7H,5-6H2,1-4H3;4-7H2,1-3H3;4-5H2,1-3H3;4-5H2,1-3H3;4-5H2,1-3H3. The molecule has 0 saturated carbocycles. The summed E-state index contributed by atoms with van der Waals surface area (Å²) >= 11 is 0. The van der Waals surface area contributed by atoms with E-state index in [4.69, 9.17) is 4.74 Å². The number of ether oxygens (including phenoxy) is 1. The van der Waals surface area contributed by atoms with Crippen molar-refractivity contribution in [3.05, 3.63) is 0 Å². The Bertz CT molecular complexity index is 2100. The molecule has 10 rings (SSSR count). The first-order valence-electron chi connectivity index (χ1n) is 38.0. The van der Waals surface area contributed by atoms with E-state index in [1.807, 2.05) is 35.5 Å². The minimum Gasteiger partial charge on any atom is -0.379 e. The molecule has 17 heteroatoms. The zero-order valence-corrected chi connectivity index (χ0v) is 69.7. The van der Waals surface area contributed by atoms with Gasteiger partial charge in [0.05, 0.1) is 26.3 Å². The molecule has 0 N–H and O–H groups in total. The third kappa shape index (κ3) is 37.2. The van der Waals surface area contributed by atoms with E-state index in [9.17, 15) is 23.2 Å². The van der Waals surface area contributed by atoms with Crippen molar-refractivity contribution in [2.75, 3.05) is 145 Å². The van der Waals surface area contributed by atoms with Crippen LogP contribution in [-0.4, -0.2) is 278 Å². The molecule has 10 heterocycles. The third-order valence-electron chi connectivity index (χ3n) is 19.8. The van der Waals surface area contributed by atoms with Gasteiger partial charge in [-0.2, -0.15) is 0 Å². The molecular weight excluding hydrogens is 1200 g/mol. The summed E-state index contributed by atoms with van der Waals surface area (Å²) in [5.74, 6) is 0.383. The number of piperidine rings is 1. The molecule has 0 aromatic carbocycles. The molecule has 10 saturated heterocycles. The van der Waals surface area contributed by atoms with Gasteiger partial charge >= 0.3 is 0 Å². The molecule has 0 bridgehead atoms. The normalized spacial score (nSPS) is 22.8. The molecule has 570 valence electrons. The Morgan fingerprint density at radius 3 is 0.771 bits per heavy atom. The highest BCUT2D eigenvalue weighted by atomic mass is 19.3. The molecule has 10 aliphatic rings. The smallest absolute Gasteiger partial charge is 0.272 e. The Labute approximate surface area is 593 Å². The fraction of sp³-hybridized carbons (Fsp3) is 0.962. The second-order valence-electron chi connectivity index (χ2n) is 39.3. The number of β-lactam (4-membered cyclic amide) rings is 1. The molecular formula is C79H161F2N11O4. The molecule has 3 amide bonds. The highest BCUT2D eigenvalue weighted by Crippen LogP contribution is 2.33. The van der Waals surface area contributed by atoms with Crippen molar-refractivity contribution >= 4 is 17.7 Å². The van der Waals surface area contributed by atoms with E-state index < -0.39 is 5.92 Å². The van der Waals surface area contributed by atoms with Gasteiger partial charge in [-0.25, -0.2) is 8.78 Å². The number of nitrogens with zero attached hydrogens (tertiary/aromatic N) is 11. The van der Waals surface area contributed by atoms with Crippen LogP contribution >= 0.6 is 0 Å². The predicted molar refractivity (Wildman–Crippen MR) is 407 cm³/mol. The number of amides is 3. The van der Waals surface area contributed by atoms with Gasteiger partial charge in [-0.15, -0.1) is 0 Å². The van der Waals surface area contributed by atoms with E-state index in [2.05, 4.69) is 242 Å². The number of carbonyl (C=O) groups is 3. The van der Waals surface area contributed by atoms with Gasteiger partial charge in [-0.1, -0.05) is 13.8 Å². The zero-order chi connectivity index (χ0) is 74.7. The molecule has 10 aliphatic heterocycles. The number of alkyl halides is 2. The van der Waals surface area contributed by atoms with Crippen LogP contribution < -0.4 is 0 Å². The number of rotatable bonds is 0. The van der Waals surface area contributed by atoms with Crippen LogP contribution in [0.3, 0.4) is 0 Å². The van der Waals surface area contributed by atoms with E-state index in [0.717, 1.165) is 89.9 Å². The fourth-order valence-corrected chi connectivity index (χ4v) is 12.5. The van der Waals surface area contributed by atoms with E-state index in [-0.39, 0.29) is 35.2 Å². The summed E-state index contributed by atoms with van der Waals surface area (Å²) in [6.45, 7) is 92.1. The Morgan fingerprint density at radius 2 is 0.594 bits per heavy atom. The van der Waals surface area contributed by atoms with Gasteiger partial charge in [0, 0.05) is 160 Å². The number of hydrogen-bond acceptors (Lipinski definition) is 12. The summed E-state index contributed by atoms with van der Waals surface area (Å²) in [6, 6.07) is 0. The van der Waals surface area contributed by atoms with Crippen LogP contribution in [0.25, 0.3) is 0 Å². The summed E-state index contributed by atoms with van der Waals surface area (Å²) in [6.07, 6.45) is 9.89. The second kappa shape index (κ2) is 38.4. The maximum absolute atomic E-state index is 12.3. The number of likely N-dealkylation sites (tertiary alicyclic amines) is 7. The lowest BCUT2D eigenvalue weighted by atomic mass is 9.94. The SMILES string of the molecule is CC(C)(C)N1CC(F)(F)C1.CC(C)(C)N1CC1.CC(C)(C)N1CCC1=O.CC(C)(C)N1CCCC1.CC(C)(C)N1CCCC1=O.CC(C)(C)N1CCCC1=O.CC(C)(C)N1CCOCC1.CC1CCN(C(C)(C)C)CC1.CC1CN(C(C)(C)C)C1.CN1CCN(C(C)(C)C)CC1. The Kier molecular flexibility index (Phi) is 36.8. The number of morpholine rings is 1. The maximum atomic E-state index is 12.3. The average molecular weight is 1370 g/mol. The van der Waals surface area contributed by atoms with Crippen molar-refractivity contribution in [2.45, 2.75) is 341 Å². The Morgan fingerprint density at radius 1 is 0.312 bits per heavy atom. The van der Waals surface area contributed by atoms with Gasteiger partial charge in [0.15, 0.2) is 0 Å². The summed E-state index contributed by atoms with van der Waals surface area (Å²) in [4.78, 5) is 58.1. The highest BCUT2D eigenvalue weighted by Gasteiger charge is 2.48. The summed E-state index contributed by atoms with van der Waals surface area (Å²) in [5, 5.41) is 0. The molecule has 0 unspecified atom stereocenters. The molecule has 15 nitrogen and oxygen atoms in total. The van der Waals surface area contributed by atoms with Crippen LogP contribution in [0.1, 0.15) is 279 Å². The van der Waals surface area contributed by atoms with Crippen LogP contribution in [0.4, 0.5) is 8.78 Å². The number of hydrogen-bond donors (Lipinski definition) is 0. The largest absolute Gasteiger partial charge is 0.379 e. The van der Waals surface area contributed by atoms with Crippen LogP contribution in [0.5, 0.6) is 0 Å². The van der Waals surface area contributed by atoms with Crippen molar-refractivity contribution in [3.8, 4) is 0 Å². The van der Waals surface area contributed by atoms with Crippen LogP contribution in [-0.2, 0) is 19.1 Å². The topological polar surface area (TPSA) is 95.8 Å². The maximum Gasteiger partial charge on any atom is 0.272 e. The van der Waals surface area contributed by atoms with Gasteiger partial charge in [-0.3, -0.25) is 48.7 Å². The lowest BCUT2D eigenvalue weighted by Crippen LogP contribution is -2.62. The van der Waals surface area contributed by atoms with Gasteiger partial charge in [0.2, 0.25) is 17.7 Å². The number of piperazine rings is 1. The van der Waals surface area contributed by atoms with Crippen LogP contribution in [0, 0.1) is 11.8 Å². The first-order valence-corrected chi connectivity index (χ1v) is 38.0. The first-order chi connectivity index (χ1) is 43.2. The van der Waals surface area contributed by atoms with Crippen molar-refractivity contribution < 1.29 is 27.9 Å². The van der Waals surface area contributed by atoms with E-state index in [0.29, 0.717) is 51.0 Å². The highest BCUT2D eigenvalue weighted by molar-refractivity contribution is 5.82. The quantitative estimate of drug-likeness (QED) is 0.171. The molecule has 0 atom stereocenters. The molecule has 0 radical (unpaired) electrons. The molecule has 0 spiro atoms. The van der Waals surface area contributed by atoms with E-state index >= 15 is 0 Å². The van der Waals surface area contributed by atoms with Crippen LogP contribution in [0.15, 0.2) is 0 Å². The summed E-state index contributed by atoms with van der Waals surface area (Å²) in [5.41, 5.74) is 2.37. The van der Waals surface area contributed by atoms with Crippen molar-refractivity contribution in [1.29, 1.82) is 0 Å². The Balaban J connectivity index is 0.000000534. The summed E-state index contributed by atoms with van der Waals surface area (Å²) in [7, 11) is 2.19. The van der Waals surface area contributed by atoms with Gasteiger partial charge in [-0.05, 0) is 291 Å². The van der Waals surface area contributed by atoms with Gasteiger partial charge in [0.25, 0.3) is 5.92 Å². The molecule has 10 fully saturated rings. The fourth-order valence-electron chi connectivity index (χ4n) is 12.5. The summed E-state index contributed by atoms with van der Waals surface area (Å²) < 4.78 is 29.8. The minimum atomic E-state index is -2.42. The number of halogens is 2. The van der Waals surface area contributed by atoms with E-state index in [1.165, 1.54) is 104 Å². The third-order valence-corrected chi connectivity index (χ3v) is 19.8. The van der Waals surface area contributed by atoms with Gasteiger partial charge < -0.3 is 24.3 Å². The molecule has 96 heavy (non-hydrogen) atoms. The zero-order valence-electron chi connectivity index (χ0n) is 69.7. The van der Waals surface area contributed by atoms with Gasteiger partial charge in [0.1, 0.15) is 0 Å². The monoisotopic (exact) mass is 1370 g/mol. The first kappa shape index (κ1) is 91.9. The Hall–Kier alpha value is -2.09. The van der Waals surface area contributed by atoms with Crippen LogP contribution in [0.2, 0.25) is 0 Å². The molecule has 0 aliphatic carbocycles. The molecule has 0 aromatic heterocycles. The average Bonchev–Trinajstić information content (AvgIpc) is 1.04. The lowest BCUT2D eigenvalue weighted by molar-refractivity contribution is -0.160. The minimum absolute atomic E-state index is 0.0353. The second-order valence-corrected chi connectivity index (χ2v) is 39.3. The number of carbonyl (C=O) groups excluding carboxylic acids is 3. The van der Waals surface area contributed by atoms with Crippen molar-refractivity contribution in [3.63, 3.8) is 0 Å². The van der Waals surface area contributed by atoms with E-state index in [1.54, 1.807) is 4.90 Å². The van der Waals surface area contributed by atoms with Crippen molar-refractivity contribution in [1.82, 2.24) is 53.9 Å².